The largest absolute Gasteiger partial charge is 0.478 e. The minimum Gasteiger partial charge on any atom is -0.478 e. The van der Waals surface area contributed by atoms with Crippen LogP contribution in [0.1, 0.15) is 31.2 Å². The molecule has 0 aliphatic rings. The summed E-state index contributed by atoms with van der Waals surface area (Å²) in [5.41, 5.74) is 1.71. The van der Waals surface area contributed by atoms with Crippen LogP contribution in [-0.2, 0) is 12.6 Å². The molecule has 0 spiro atoms. The maximum absolute atomic E-state index is 12.8. The van der Waals surface area contributed by atoms with Crippen molar-refractivity contribution in [2.24, 2.45) is 0 Å². The lowest BCUT2D eigenvalue weighted by molar-refractivity contribution is -0.144. The van der Waals surface area contributed by atoms with Crippen molar-refractivity contribution in [3.05, 3.63) is 35.7 Å². The molecule has 1 aromatic carbocycles. The van der Waals surface area contributed by atoms with Gasteiger partial charge in [0.1, 0.15) is 0 Å². The van der Waals surface area contributed by atoms with Crippen LogP contribution in [0.2, 0.25) is 0 Å². The highest BCUT2D eigenvalue weighted by Crippen LogP contribution is 2.30. The highest BCUT2D eigenvalue weighted by atomic mass is 19.4. The number of nitrogens with one attached hydrogen (secondary N) is 2. The van der Waals surface area contributed by atoms with Crippen LogP contribution in [0.15, 0.2) is 24.3 Å². The number of fused-ring (bicyclic) bond motifs is 1. The van der Waals surface area contributed by atoms with E-state index in [2.05, 4.69) is 32.2 Å². The van der Waals surface area contributed by atoms with Crippen LogP contribution in [0.25, 0.3) is 11.3 Å². The van der Waals surface area contributed by atoms with Crippen LogP contribution in [0, 0.1) is 0 Å². The van der Waals surface area contributed by atoms with Gasteiger partial charge >= 0.3 is 6.18 Å². The number of hydrogen-bond donors (Lipinski definition) is 2. The standard InChI is InChI=1S/C17H18F3N5O/c1-3-4-5-10-6-8-11(9-7-10)21-14-15(26-2)23-13-12(22-14)24-16(25-13)17(18,19)20/h6-9H,3-5H2,1-2H3,(H2,21,22,23,24,25). The molecule has 9 heteroatoms. The fraction of sp³-hybridized carbons (Fsp3) is 0.353. The van der Waals surface area contributed by atoms with Gasteiger partial charge in [-0.3, -0.25) is 0 Å². The number of rotatable bonds is 6. The Hall–Kier alpha value is -2.84. The Kier molecular flexibility index (Phi) is 4.97. The summed E-state index contributed by atoms with van der Waals surface area (Å²) in [7, 11) is 1.37. The van der Waals surface area contributed by atoms with Gasteiger partial charge < -0.3 is 15.0 Å². The molecule has 0 saturated carbocycles. The number of ether oxygens (including phenoxy) is 1. The molecule has 0 atom stereocenters. The van der Waals surface area contributed by atoms with Gasteiger partial charge in [-0.05, 0) is 30.5 Å². The van der Waals surface area contributed by atoms with Gasteiger partial charge in [0.15, 0.2) is 17.1 Å². The molecule has 3 aromatic rings. The van der Waals surface area contributed by atoms with Gasteiger partial charge in [-0.2, -0.15) is 18.2 Å². The maximum atomic E-state index is 12.8. The Morgan fingerprint density at radius 1 is 1.12 bits per heavy atom. The molecular formula is C17H18F3N5O. The topological polar surface area (TPSA) is 75.7 Å². The Morgan fingerprint density at radius 3 is 2.46 bits per heavy atom. The molecule has 0 saturated heterocycles. The van der Waals surface area contributed by atoms with Crippen molar-refractivity contribution in [2.75, 3.05) is 12.4 Å². The van der Waals surface area contributed by atoms with Crippen molar-refractivity contribution in [1.29, 1.82) is 0 Å². The van der Waals surface area contributed by atoms with Gasteiger partial charge in [0.25, 0.3) is 5.88 Å². The second kappa shape index (κ2) is 7.19. The smallest absolute Gasteiger partial charge is 0.449 e. The van der Waals surface area contributed by atoms with E-state index < -0.39 is 12.0 Å². The van der Waals surface area contributed by atoms with E-state index in [0.29, 0.717) is 0 Å². The van der Waals surface area contributed by atoms with Gasteiger partial charge in [-0.15, -0.1) is 0 Å². The summed E-state index contributed by atoms with van der Waals surface area (Å²) in [5, 5.41) is 3.01. The summed E-state index contributed by atoms with van der Waals surface area (Å²) in [4.78, 5) is 13.7. The molecule has 26 heavy (non-hydrogen) atoms. The third-order valence-electron chi connectivity index (χ3n) is 3.80. The van der Waals surface area contributed by atoms with Crippen molar-refractivity contribution < 1.29 is 17.9 Å². The number of aromatic amines is 1. The molecule has 0 fully saturated rings. The van der Waals surface area contributed by atoms with E-state index in [-0.39, 0.29) is 23.0 Å². The first-order valence-electron chi connectivity index (χ1n) is 8.15. The van der Waals surface area contributed by atoms with Gasteiger partial charge in [0, 0.05) is 5.69 Å². The maximum Gasteiger partial charge on any atom is 0.449 e. The minimum absolute atomic E-state index is 0.0740. The summed E-state index contributed by atoms with van der Waals surface area (Å²) in [5.74, 6) is -0.876. The molecular weight excluding hydrogens is 347 g/mol. The number of alkyl halides is 3. The number of benzene rings is 1. The average Bonchev–Trinajstić information content (AvgIpc) is 3.03. The minimum atomic E-state index is -4.60. The number of halogens is 3. The van der Waals surface area contributed by atoms with Crippen LogP contribution in [0.4, 0.5) is 24.7 Å². The average molecular weight is 365 g/mol. The Bertz CT molecular complexity index is 890. The van der Waals surface area contributed by atoms with Gasteiger partial charge in [0.2, 0.25) is 5.82 Å². The highest BCUT2D eigenvalue weighted by Gasteiger charge is 2.35. The lowest BCUT2D eigenvalue weighted by Crippen LogP contribution is -2.06. The van der Waals surface area contributed by atoms with E-state index in [1.165, 1.54) is 12.7 Å². The van der Waals surface area contributed by atoms with Crippen LogP contribution in [0.5, 0.6) is 5.88 Å². The number of imidazole rings is 1. The molecule has 138 valence electrons. The summed E-state index contributed by atoms with van der Waals surface area (Å²) < 4.78 is 43.5. The first-order chi connectivity index (χ1) is 12.4. The van der Waals surface area contributed by atoms with Crippen LogP contribution in [0.3, 0.4) is 0 Å². The number of anilines is 2. The summed E-state index contributed by atoms with van der Waals surface area (Å²) in [6, 6.07) is 7.74. The third-order valence-corrected chi connectivity index (χ3v) is 3.80. The molecule has 0 radical (unpaired) electrons. The molecule has 2 aromatic heterocycles. The number of aryl methyl sites for hydroxylation is 1. The zero-order chi connectivity index (χ0) is 18.7. The molecule has 0 bridgehead atoms. The van der Waals surface area contributed by atoms with Gasteiger partial charge in [-0.1, -0.05) is 25.5 Å². The summed E-state index contributed by atoms with van der Waals surface area (Å²) in [6.07, 6.45) is -1.36. The number of hydrogen-bond acceptors (Lipinski definition) is 5. The monoisotopic (exact) mass is 365 g/mol. The van der Waals surface area contributed by atoms with Crippen molar-refractivity contribution in [3.63, 3.8) is 0 Å². The quantitative estimate of drug-likeness (QED) is 0.674. The number of nitrogens with zero attached hydrogens (tertiary/aromatic N) is 3. The second-order valence-corrected chi connectivity index (χ2v) is 5.76. The number of unbranched alkanes of at least 4 members (excludes halogenated alkanes) is 1. The molecule has 0 amide bonds. The highest BCUT2D eigenvalue weighted by molar-refractivity contribution is 5.72. The van der Waals surface area contributed by atoms with Crippen molar-refractivity contribution in [3.8, 4) is 5.88 Å². The fourth-order valence-electron chi connectivity index (χ4n) is 2.45. The second-order valence-electron chi connectivity index (χ2n) is 5.76. The van der Waals surface area contributed by atoms with E-state index in [1.807, 2.05) is 24.3 Å². The first-order valence-corrected chi connectivity index (χ1v) is 8.15. The number of H-pyrrole nitrogens is 1. The van der Waals surface area contributed by atoms with Crippen LogP contribution < -0.4 is 10.1 Å². The van der Waals surface area contributed by atoms with E-state index in [4.69, 9.17) is 4.74 Å². The van der Waals surface area contributed by atoms with Crippen molar-refractivity contribution >= 4 is 22.8 Å². The van der Waals surface area contributed by atoms with Gasteiger partial charge in [-0.25, -0.2) is 9.97 Å². The van der Waals surface area contributed by atoms with E-state index in [9.17, 15) is 13.2 Å². The summed E-state index contributed by atoms with van der Waals surface area (Å²) in [6.45, 7) is 2.14. The molecule has 0 aliphatic carbocycles. The molecule has 0 aliphatic heterocycles. The predicted octanol–water partition coefficient (Wildman–Crippen LogP) is 4.47. The van der Waals surface area contributed by atoms with E-state index in [0.717, 1.165) is 24.9 Å². The lowest BCUT2D eigenvalue weighted by Gasteiger charge is -2.09. The van der Waals surface area contributed by atoms with Crippen LogP contribution >= 0.6 is 0 Å². The Morgan fingerprint density at radius 2 is 1.85 bits per heavy atom. The van der Waals surface area contributed by atoms with Crippen LogP contribution in [-0.4, -0.2) is 27.0 Å². The Labute approximate surface area is 147 Å². The predicted molar refractivity (Wildman–Crippen MR) is 91.6 cm³/mol. The molecule has 3 rings (SSSR count). The third kappa shape index (κ3) is 3.87. The van der Waals surface area contributed by atoms with Gasteiger partial charge in [0.05, 0.1) is 7.11 Å². The Balaban J connectivity index is 1.88. The number of methoxy groups -OCH3 is 1. The lowest BCUT2D eigenvalue weighted by atomic mass is 10.1. The van der Waals surface area contributed by atoms with Crippen molar-refractivity contribution in [2.45, 2.75) is 32.4 Å². The molecule has 2 heterocycles. The summed E-state index contributed by atoms with van der Waals surface area (Å²) >= 11 is 0. The number of aromatic nitrogens is 4. The SMILES string of the molecule is CCCCc1ccc(Nc2nc3nc(C(F)(F)F)[nH]c3nc2OC)cc1. The normalized spacial score (nSPS) is 11.7. The zero-order valence-electron chi connectivity index (χ0n) is 14.3. The van der Waals surface area contributed by atoms with Crippen molar-refractivity contribution in [1.82, 2.24) is 19.9 Å². The molecule has 2 N–H and O–H groups in total. The first kappa shape index (κ1) is 18.0. The fourth-order valence-corrected chi connectivity index (χ4v) is 2.45. The van der Waals surface area contributed by atoms with E-state index >= 15 is 0 Å². The molecule has 6 nitrogen and oxygen atoms in total. The molecule has 0 unspecified atom stereocenters. The zero-order valence-corrected chi connectivity index (χ0v) is 14.3. The van der Waals surface area contributed by atoms with E-state index in [1.54, 1.807) is 0 Å².